The Bertz CT molecular complexity index is 694. The molecule has 1 aliphatic carbocycles. The fourth-order valence-corrected chi connectivity index (χ4v) is 2.16. The summed E-state index contributed by atoms with van der Waals surface area (Å²) in [7, 11) is 0. The molecule has 2 aliphatic rings. The summed E-state index contributed by atoms with van der Waals surface area (Å²) in [5.41, 5.74) is 3.25. The normalized spacial score (nSPS) is 21.8. The molecule has 0 bridgehead atoms. The number of urea groups is 1. The van der Waals surface area contributed by atoms with Crippen molar-refractivity contribution in [2.24, 2.45) is 4.99 Å². The van der Waals surface area contributed by atoms with Gasteiger partial charge in [0, 0.05) is 5.70 Å². The van der Waals surface area contributed by atoms with Gasteiger partial charge in [0.25, 0.3) is 0 Å². The van der Waals surface area contributed by atoms with Crippen LogP contribution in [0.2, 0.25) is 0 Å². The summed E-state index contributed by atoms with van der Waals surface area (Å²) in [6.07, 6.45) is 5.64. The van der Waals surface area contributed by atoms with Crippen LogP contribution >= 0.6 is 0 Å². The number of nitrogens with zero attached hydrogens (tertiary/aromatic N) is 2. The monoisotopic (exact) mass is 264 g/mol. The van der Waals surface area contributed by atoms with Crippen LogP contribution in [0.25, 0.3) is 0 Å². The fraction of sp³-hybridized carbons (Fsp3) is 0.133. The minimum atomic E-state index is -0.186. The third-order valence-electron chi connectivity index (χ3n) is 3.14. The van der Waals surface area contributed by atoms with Crippen LogP contribution < -0.4 is 10.6 Å². The summed E-state index contributed by atoms with van der Waals surface area (Å²) in [5.74, 6) is 0. The van der Waals surface area contributed by atoms with Crippen LogP contribution in [0.5, 0.6) is 0 Å². The molecule has 1 atom stereocenters. The summed E-state index contributed by atoms with van der Waals surface area (Å²) in [6, 6.07) is 9.23. The molecule has 98 valence electrons. The van der Waals surface area contributed by atoms with Gasteiger partial charge in [0.2, 0.25) is 0 Å². The number of amides is 2. The molecule has 0 saturated carbocycles. The van der Waals surface area contributed by atoms with E-state index in [-0.39, 0.29) is 12.1 Å². The first kappa shape index (κ1) is 12.2. The lowest BCUT2D eigenvalue weighted by Gasteiger charge is -2.10. The molecule has 3 rings (SSSR count). The number of rotatable bonds is 2. The summed E-state index contributed by atoms with van der Waals surface area (Å²) in [6.45, 7) is 0.505. The van der Waals surface area contributed by atoms with E-state index in [0.29, 0.717) is 12.1 Å². The van der Waals surface area contributed by atoms with Crippen molar-refractivity contribution in [3.63, 3.8) is 0 Å². The highest BCUT2D eigenvalue weighted by Gasteiger charge is 2.25. The van der Waals surface area contributed by atoms with Crippen molar-refractivity contribution in [1.29, 1.82) is 5.26 Å². The number of nitriles is 1. The Kier molecular flexibility index (Phi) is 3.05. The largest absolute Gasteiger partial charge is 0.326 e. The van der Waals surface area contributed by atoms with E-state index in [1.54, 1.807) is 6.07 Å². The zero-order chi connectivity index (χ0) is 13.9. The van der Waals surface area contributed by atoms with Crippen LogP contribution in [-0.2, 0) is 6.54 Å². The smallest absolute Gasteiger partial charge is 0.319 e. The molecule has 20 heavy (non-hydrogen) atoms. The fourth-order valence-electron chi connectivity index (χ4n) is 2.16. The Labute approximate surface area is 116 Å². The Hall–Kier alpha value is -2.87. The molecular formula is C15H12N4O. The maximum absolute atomic E-state index is 11.2. The molecule has 1 aromatic carbocycles. The Morgan fingerprint density at radius 2 is 2.30 bits per heavy atom. The average molecular weight is 264 g/mol. The number of aliphatic imine (C=N–C) groups is 1. The van der Waals surface area contributed by atoms with Gasteiger partial charge in [-0.15, -0.1) is 0 Å². The maximum Gasteiger partial charge on any atom is 0.319 e. The number of benzene rings is 1. The van der Waals surface area contributed by atoms with Crippen LogP contribution in [0.3, 0.4) is 0 Å². The van der Waals surface area contributed by atoms with Gasteiger partial charge in [-0.2, -0.15) is 5.26 Å². The Morgan fingerprint density at radius 3 is 3.15 bits per heavy atom. The third-order valence-corrected chi connectivity index (χ3v) is 3.14. The zero-order valence-electron chi connectivity index (χ0n) is 10.6. The number of carbonyl (C=O) groups is 1. The molecule has 1 aromatic rings. The van der Waals surface area contributed by atoms with Gasteiger partial charge in [0.1, 0.15) is 0 Å². The minimum absolute atomic E-state index is 0.0663. The van der Waals surface area contributed by atoms with Gasteiger partial charge in [0.05, 0.1) is 29.9 Å². The highest BCUT2D eigenvalue weighted by atomic mass is 16.2. The van der Waals surface area contributed by atoms with Crippen molar-refractivity contribution in [1.82, 2.24) is 10.6 Å². The van der Waals surface area contributed by atoms with Gasteiger partial charge in [-0.05, 0) is 29.8 Å². The van der Waals surface area contributed by atoms with Crippen molar-refractivity contribution in [3.8, 4) is 6.07 Å². The van der Waals surface area contributed by atoms with E-state index in [9.17, 15) is 4.79 Å². The van der Waals surface area contributed by atoms with Crippen LogP contribution in [0, 0.1) is 11.3 Å². The number of allylic oxidation sites excluding steroid dienone is 2. The van der Waals surface area contributed by atoms with Crippen molar-refractivity contribution >= 4 is 11.7 Å². The van der Waals surface area contributed by atoms with Gasteiger partial charge < -0.3 is 10.6 Å². The number of hydrogen-bond acceptors (Lipinski definition) is 3. The molecule has 5 heteroatoms. The lowest BCUT2D eigenvalue weighted by Crippen LogP contribution is -2.25. The minimum Gasteiger partial charge on any atom is -0.326 e. The maximum atomic E-state index is 11.2. The second-order valence-corrected chi connectivity index (χ2v) is 4.59. The van der Waals surface area contributed by atoms with Crippen LogP contribution in [0.15, 0.2) is 53.2 Å². The molecule has 2 amide bonds. The van der Waals surface area contributed by atoms with Crippen molar-refractivity contribution in [3.05, 3.63) is 59.3 Å². The van der Waals surface area contributed by atoms with Crippen molar-refractivity contribution in [2.45, 2.75) is 12.6 Å². The molecular weight excluding hydrogens is 252 g/mol. The van der Waals surface area contributed by atoms with Crippen molar-refractivity contribution in [2.75, 3.05) is 0 Å². The van der Waals surface area contributed by atoms with Gasteiger partial charge in [-0.1, -0.05) is 18.2 Å². The third kappa shape index (κ3) is 2.45. The lowest BCUT2D eigenvalue weighted by molar-refractivity contribution is 0.248. The first-order chi connectivity index (χ1) is 9.74. The Morgan fingerprint density at radius 1 is 1.40 bits per heavy atom. The van der Waals surface area contributed by atoms with Crippen LogP contribution in [0.1, 0.15) is 11.1 Å². The SMILES string of the molecule is N#Cc1cccc(CN=C2C=CC3NC(=O)NC3=C2)c1. The summed E-state index contributed by atoms with van der Waals surface area (Å²) >= 11 is 0. The predicted octanol–water partition coefficient (Wildman–Crippen LogP) is 1.63. The van der Waals surface area contributed by atoms with Crippen LogP contribution in [-0.4, -0.2) is 17.8 Å². The first-order valence-corrected chi connectivity index (χ1v) is 6.25. The summed E-state index contributed by atoms with van der Waals surface area (Å²) in [4.78, 5) is 15.7. The number of carbonyl (C=O) groups excluding carboxylic acids is 1. The zero-order valence-corrected chi connectivity index (χ0v) is 10.6. The quantitative estimate of drug-likeness (QED) is 0.851. The van der Waals surface area contributed by atoms with Crippen LogP contribution in [0.4, 0.5) is 4.79 Å². The highest BCUT2D eigenvalue weighted by Crippen LogP contribution is 2.13. The van der Waals surface area contributed by atoms with E-state index in [1.807, 2.05) is 36.4 Å². The molecule has 0 aromatic heterocycles. The van der Waals surface area contributed by atoms with E-state index in [0.717, 1.165) is 17.0 Å². The number of nitrogens with one attached hydrogen (secondary N) is 2. The molecule has 5 nitrogen and oxygen atoms in total. The molecule has 0 radical (unpaired) electrons. The lowest BCUT2D eigenvalue weighted by atomic mass is 10.1. The second kappa shape index (κ2) is 5.02. The van der Waals surface area contributed by atoms with Gasteiger partial charge in [-0.3, -0.25) is 4.99 Å². The van der Waals surface area contributed by atoms with E-state index in [2.05, 4.69) is 21.7 Å². The van der Waals surface area contributed by atoms with Gasteiger partial charge in [-0.25, -0.2) is 4.79 Å². The summed E-state index contributed by atoms with van der Waals surface area (Å²) in [5, 5.41) is 14.4. The highest BCUT2D eigenvalue weighted by molar-refractivity contribution is 6.06. The van der Waals surface area contributed by atoms with Gasteiger partial charge >= 0.3 is 6.03 Å². The molecule has 1 fully saturated rings. The second-order valence-electron chi connectivity index (χ2n) is 4.59. The molecule has 1 unspecified atom stereocenters. The Balaban J connectivity index is 1.75. The van der Waals surface area contributed by atoms with Gasteiger partial charge in [0.15, 0.2) is 0 Å². The van der Waals surface area contributed by atoms with E-state index in [1.165, 1.54) is 0 Å². The number of hydrogen-bond donors (Lipinski definition) is 2. The number of fused-ring (bicyclic) bond motifs is 1. The molecule has 1 heterocycles. The molecule has 2 N–H and O–H groups in total. The summed E-state index contributed by atoms with van der Waals surface area (Å²) < 4.78 is 0. The first-order valence-electron chi connectivity index (χ1n) is 6.25. The van der Waals surface area contributed by atoms with E-state index in [4.69, 9.17) is 5.26 Å². The van der Waals surface area contributed by atoms with E-state index < -0.39 is 0 Å². The van der Waals surface area contributed by atoms with E-state index >= 15 is 0 Å². The average Bonchev–Trinajstić information content (AvgIpc) is 2.84. The topological polar surface area (TPSA) is 77.3 Å². The van der Waals surface area contributed by atoms with Crippen molar-refractivity contribution < 1.29 is 4.79 Å². The predicted molar refractivity (Wildman–Crippen MR) is 75.0 cm³/mol. The molecule has 1 aliphatic heterocycles. The standard InChI is InChI=1S/C15H12N4O/c16-8-10-2-1-3-11(6-10)9-17-12-4-5-13-14(7-12)19-15(20)18-13/h1-7,13H,9H2,(H2,18,19,20). The molecule has 1 saturated heterocycles. The molecule has 0 spiro atoms.